The van der Waals surface area contributed by atoms with Gasteiger partial charge in [0.15, 0.2) is 5.65 Å². The van der Waals surface area contributed by atoms with Crippen molar-refractivity contribution in [2.75, 3.05) is 26.8 Å². The minimum Gasteiger partial charge on any atom is -0.385 e. The fourth-order valence-electron chi connectivity index (χ4n) is 1.77. The average Bonchev–Trinajstić information content (AvgIpc) is 2.78. The van der Waals surface area contributed by atoms with Gasteiger partial charge in [-0.25, -0.2) is 9.36 Å². The Labute approximate surface area is 110 Å². The number of ether oxygens (including phenoxy) is 1. The summed E-state index contributed by atoms with van der Waals surface area (Å²) >= 11 is 0. The third-order valence-electron chi connectivity index (χ3n) is 2.82. The predicted octanol–water partition coefficient (Wildman–Crippen LogP) is -0.849. The van der Waals surface area contributed by atoms with Crippen LogP contribution in [0.25, 0.3) is 11.0 Å². The highest BCUT2D eigenvalue weighted by Gasteiger charge is 2.08. The number of rotatable bonds is 7. The van der Waals surface area contributed by atoms with Crippen molar-refractivity contribution in [2.45, 2.75) is 13.0 Å². The Morgan fingerprint density at radius 2 is 2.26 bits per heavy atom. The Kier molecular flexibility index (Phi) is 4.58. The van der Waals surface area contributed by atoms with Crippen molar-refractivity contribution in [1.82, 2.24) is 30.1 Å². The van der Waals surface area contributed by atoms with E-state index in [-0.39, 0.29) is 5.56 Å². The summed E-state index contributed by atoms with van der Waals surface area (Å²) in [5.74, 6) is 0. The van der Waals surface area contributed by atoms with Crippen molar-refractivity contribution in [3.8, 4) is 0 Å². The first-order valence-electron chi connectivity index (χ1n) is 6.19. The molecule has 0 radical (unpaired) electrons. The molecule has 0 saturated heterocycles. The van der Waals surface area contributed by atoms with Crippen LogP contribution in [-0.2, 0) is 18.3 Å². The lowest BCUT2D eigenvalue weighted by Crippen LogP contribution is -2.30. The molecule has 0 spiro atoms. The highest BCUT2D eigenvalue weighted by atomic mass is 16.5. The van der Waals surface area contributed by atoms with Crippen LogP contribution in [0.1, 0.15) is 6.42 Å². The number of methoxy groups -OCH3 is 1. The summed E-state index contributed by atoms with van der Waals surface area (Å²) in [6, 6.07) is 0. The van der Waals surface area contributed by atoms with E-state index in [0.29, 0.717) is 24.1 Å². The molecule has 1 N–H and O–H groups in total. The van der Waals surface area contributed by atoms with Gasteiger partial charge in [-0.05, 0) is 13.0 Å². The normalized spacial score (nSPS) is 11.3. The summed E-state index contributed by atoms with van der Waals surface area (Å²) in [7, 11) is 3.41. The number of aromatic nitrogens is 5. The van der Waals surface area contributed by atoms with Crippen LogP contribution >= 0.6 is 0 Å². The maximum absolute atomic E-state index is 12.1. The fourth-order valence-corrected chi connectivity index (χ4v) is 1.77. The molecule has 0 atom stereocenters. The molecule has 104 valence electrons. The Morgan fingerprint density at radius 3 is 3.05 bits per heavy atom. The SMILES string of the molecule is COCCCNCCn1nnc2c(cnn2C)c1=O. The van der Waals surface area contributed by atoms with Crippen molar-refractivity contribution in [3.05, 3.63) is 16.6 Å². The van der Waals surface area contributed by atoms with Crippen molar-refractivity contribution in [2.24, 2.45) is 7.05 Å². The Hall–Kier alpha value is -1.80. The second kappa shape index (κ2) is 6.39. The maximum atomic E-state index is 12.1. The molecule has 19 heavy (non-hydrogen) atoms. The van der Waals surface area contributed by atoms with Gasteiger partial charge in [0.2, 0.25) is 0 Å². The van der Waals surface area contributed by atoms with E-state index in [9.17, 15) is 4.79 Å². The van der Waals surface area contributed by atoms with Crippen LogP contribution in [0.3, 0.4) is 0 Å². The minimum atomic E-state index is -0.156. The first kappa shape index (κ1) is 13.6. The summed E-state index contributed by atoms with van der Waals surface area (Å²) in [5.41, 5.74) is 0.353. The van der Waals surface area contributed by atoms with Crippen molar-refractivity contribution < 1.29 is 4.74 Å². The summed E-state index contributed by atoms with van der Waals surface area (Å²) in [4.78, 5) is 12.1. The molecule has 0 bridgehead atoms. The second-order valence-corrected chi connectivity index (χ2v) is 4.22. The number of aryl methyl sites for hydroxylation is 1. The van der Waals surface area contributed by atoms with Crippen LogP contribution in [0, 0.1) is 0 Å². The molecular weight excluding hydrogens is 248 g/mol. The van der Waals surface area contributed by atoms with Gasteiger partial charge in [0, 0.05) is 27.3 Å². The lowest BCUT2D eigenvalue weighted by atomic mass is 10.4. The first-order chi connectivity index (χ1) is 9.24. The molecule has 2 aromatic rings. The summed E-state index contributed by atoms with van der Waals surface area (Å²) in [6.45, 7) is 2.74. The molecule has 2 heterocycles. The number of nitrogens with zero attached hydrogens (tertiary/aromatic N) is 5. The van der Waals surface area contributed by atoms with E-state index in [4.69, 9.17) is 4.74 Å². The topological polar surface area (TPSA) is 86.9 Å². The van der Waals surface area contributed by atoms with Crippen LogP contribution in [0.2, 0.25) is 0 Å². The van der Waals surface area contributed by atoms with Gasteiger partial charge < -0.3 is 10.1 Å². The van der Waals surface area contributed by atoms with Gasteiger partial charge in [0.25, 0.3) is 5.56 Å². The van der Waals surface area contributed by atoms with E-state index in [1.165, 1.54) is 15.6 Å². The zero-order valence-electron chi connectivity index (χ0n) is 11.2. The van der Waals surface area contributed by atoms with Crippen LogP contribution < -0.4 is 10.9 Å². The quantitative estimate of drug-likeness (QED) is 0.657. The molecule has 8 nitrogen and oxygen atoms in total. The molecule has 0 unspecified atom stereocenters. The van der Waals surface area contributed by atoms with Crippen LogP contribution in [0.15, 0.2) is 11.0 Å². The number of fused-ring (bicyclic) bond motifs is 1. The molecule has 8 heteroatoms. The fraction of sp³-hybridized carbons (Fsp3) is 0.636. The van der Waals surface area contributed by atoms with E-state index < -0.39 is 0 Å². The van der Waals surface area contributed by atoms with Gasteiger partial charge in [-0.1, -0.05) is 5.21 Å². The van der Waals surface area contributed by atoms with Gasteiger partial charge in [0.1, 0.15) is 5.39 Å². The van der Waals surface area contributed by atoms with Gasteiger partial charge in [0.05, 0.1) is 12.7 Å². The monoisotopic (exact) mass is 266 g/mol. The predicted molar refractivity (Wildman–Crippen MR) is 69.9 cm³/mol. The number of hydrogen-bond donors (Lipinski definition) is 1. The maximum Gasteiger partial charge on any atom is 0.280 e. The molecule has 0 aliphatic carbocycles. The van der Waals surface area contributed by atoms with E-state index in [0.717, 1.165) is 19.6 Å². The Morgan fingerprint density at radius 1 is 1.42 bits per heavy atom. The number of hydrogen-bond acceptors (Lipinski definition) is 6. The molecule has 0 amide bonds. The zero-order valence-corrected chi connectivity index (χ0v) is 11.2. The third kappa shape index (κ3) is 3.15. The second-order valence-electron chi connectivity index (χ2n) is 4.22. The first-order valence-corrected chi connectivity index (χ1v) is 6.19. The van der Waals surface area contributed by atoms with Gasteiger partial charge in [-0.15, -0.1) is 5.10 Å². The minimum absolute atomic E-state index is 0.156. The molecular formula is C11H18N6O2. The molecule has 0 saturated carbocycles. The van der Waals surface area contributed by atoms with Crippen LogP contribution in [-0.4, -0.2) is 51.6 Å². The molecule has 2 aromatic heterocycles. The highest BCUT2D eigenvalue weighted by molar-refractivity contribution is 5.72. The average molecular weight is 266 g/mol. The van der Waals surface area contributed by atoms with E-state index in [1.807, 2.05) is 0 Å². The van der Waals surface area contributed by atoms with E-state index in [2.05, 4.69) is 20.7 Å². The largest absolute Gasteiger partial charge is 0.385 e. The van der Waals surface area contributed by atoms with E-state index >= 15 is 0 Å². The number of nitrogens with one attached hydrogen (secondary N) is 1. The molecule has 0 aromatic carbocycles. The molecule has 2 rings (SSSR count). The Balaban J connectivity index is 1.94. The summed E-state index contributed by atoms with van der Waals surface area (Å²) in [5, 5.41) is 15.6. The van der Waals surface area contributed by atoms with Gasteiger partial charge in [-0.2, -0.15) is 5.10 Å². The van der Waals surface area contributed by atoms with E-state index in [1.54, 1.807) is 14.2 Å². The molecule has 0 fully saturated rings. The zero-order chi connectivity index (χ0) is 13.7. The molecule has 0 aliphatic heterocycles. The molecule has 0 aliphatic rings. The van der Waals surface area contributed by atoms with Gasteiger partial charge >= 0.3 is 0 Å². The lowest BCUT2D eigenvalue weighted by molar-refractivity contribution is 0.194. The Bertz CT molecular complexity index is 590. The van der Waals surface area contributed by atoms with Crippen LogP contribution in [0.5, 0.6) is 0 Å². The summed E-state index contributed by atoms with van der Waals surface area (Å²) in [6.07, 6.45) is 2.47. The smallest absolute Gasteiger partial charge is 0.280 e. The standard InChI is InChI=1S/C11H18N6O2/c1-16-10-9(8-13-16)11(18)17(15-14-10)6-5-12-4-3-7-19-2/h8,12H,3-7H2,1-2H3. The van der Waals surface area contributed by atoms with Crippen molar-refractivity contribution >= 4 is 11.0 Å². The van der Waals surface area contributed by atoms with Crippen molar-refractivity contribution in [3.63, 3.8) is 0 Å². The van der Waals surface area contributed by atoms with Crippen molar-refractivity contribution in [1.29, 1.82) is 0 Å². The van der Waals surface area contributed by atoms with Crippen LogP contribution in [0.4, 0.5) is 0 Å². The third-order valence-corrected chi connectivity index (χ3v) is 2.82. The van der Waals surface area contributed by atoms with Gasteiger partial charge in [-0.3, -0.25) is 4.79 Å². The lowest BCUT2D eigenvalue weighted by Gasteiger charge is -2.05. The summed E-state index contributed by atoms with van der Waals surface area (Å²) < 4.78 is 7.84. The highest BCUT2D eigenvalue weighted by Crippen LogP contribution is 2.01.